The van der Waals surface area contributed by atoms with Gasteiger partial charge in [-0.1, -0.05) is 55.1 Å². The lowest BCUT2D eigenvalue weighted by atomic mass is 9.91. The van der Waals surface area contributed by atoms with Crippen molar-refractivity contribution in [1.82, 2.24) is 15.3 Å². The van der Waals surface area contributed by atoms with Gasteiger partial charge in [0.25, 0.3) is 0 Å². The molecule has 3 aromatic rings. The molecule has 11 heteroatoms. The molecule has 1 aliphatic heterocycles. The number of aliphatic hydroxyl groups is 1. The molecule has 3 N–H and O–H groups in total. The highest BCUT2D eigenvalue weighted by Crippen LogP contribution is 2.43. The average molecular weight is 553 g/mol. The van der Waals surface area contributed by atoms with Gasteiger partial charge in [0, 0.05) is 35.3 Å². The first-order valence-electron chi connectivity index (χ1n) is 12.7. The van der Waals surface area contributed by atoms with Crippen LogP contribution in [-0.4, -0.2) is 52.1 Å². The van der Waals surface area contributed by atoms with Crippen LogP contribution in [0.1, 0.15) is 42.9 Å². The van der Waals surface area contributed by atoms with Gasteiger partial charge in [0.15, 0.2) is 11.4 Å². The topological polar surface area (TPSA) is 132 Å². The summed E-state index contributed by atoms with van der Waals surface area (Å²) in [5.41, 5.74) is 3.05. The Bertz CT molecular complexity index is 1230. The summed E-state index contributed by atoms with van der Waals surface area (Å²) >= 11 is 1.52. The van der Waals surface area contributed by atoms with Crippen molar-refractivity contribution in [3.63, 3.8) is 0 Å². The van der Waals surface area contributed by atoms with E-state index >= 15 is 0 Å². The Labute approximate surface area is 231 Å². The van der Waals surface area contributed by atoms with Crippen molar-refractivity contribution in [2.24, 2.45) is 5.92 Å². The Kier molecular flexibility index (Phi) is 10.3. The van der Waals surface area contributed by atoms with E-state index in [-0.39, 0.29) is 37.9 Å². The SMILES string of the molecule is CCOC(=O)CNC(=O)Nc1cccc([C@@H]2O[C@H](CSc3ncccn3)[C@H](C)[C@H](c3ccc(CO)cc3)O2)c1. The maximum absolute atomic E-state index is 12.3. The number of carbonyl (C=O) groups is 2. The molecule has 0 bridgehead atoms. The van der Waals surface area contributed by atoms with E-state index in [1.165, 1.54) is 11.8 Å². The number of aliphatic hydroxyl groups excluding tert-OH is 1. The van der Waals surface area contributed by atoms with Crippen molar-refractivity contribution in [2.75, 3.05) is 24.2 Å². The van der Waals surface area contributed by atoms with Gasteiger partial charge >= 0.3 is 12.0 Å². The van der Waals surface area contributed by atoms with Gasteiger partial charge in [-0.15, -0.1) is 0 Å². The fraction of sp³-hybridized carbons (Fsp3) is 0.357. The maximum Gasteiger partial charge on any atom is 0.325 e. The molecule has 0 radical (unpaired) electrons. The number of hydrogen-bond donors (Lipinski definition) is 3. The molecule has 1 saturated heterocycles. The second-order valence-electron chi connectivity index (χ2n) is 8.90. The van der Waals surface area contributed by atoms with E-state index in [1.807, 2.05) is 30.3 Å². The summed E-state index contributed by atoms with van der Waals surface area (Å²) in [7, 11) is 0. The third kappa shape index (κ3) is 7.99. The number of nitrogens with zero attached hydrogens (tertiary/aromatic N) is 2. The second kappa shape index (κ2) is 14.0. The van der Waals surface area contributed by atoms with E-state index in [9.17, 15) is 14.7 Å². The number of amides is 2. The summed E-state index contributed by atoms with van der Waals surface area (Å²) in [6.45, 7) is 3.77. The van der Waals surface area contributed by atoms with E-state index in [2.05, 4.69) is 27.5 Å². The van der Waals surface area contributed by atoms with Crippen LogP contribution in [0.3, 0.4) is 0 Å². The van der Waals surface area contributed by atoms with Crippen LogP contribution in [0, 0.1) is 5.92 Å². The number of urea groups is 1. The Morgan fingerprint density at radius 3 is 2.54 bits per heavy atom. The zero-order valence-electron chi connectivity index (χ0n) is 21.8. The molecule has 0 aliphatic carbocycles. The van der Waals surface area contributed by atoms with Crippen LogP contribution in [0.2, 0.25) is 0 Å². The molecule has 4 atom stereocenters. The van der Waals surface area contributed by atoms with Crippen molar-refractivity contribution in [3.05, 3.63) is 83.7 Å². The number of carbonyl (C=O) groups excluding carboxylic acids is 2. The van der Waals surface area contributed by atoms with Crippen LogP contribution in [0.5, 0.6) is 0 Å². The van der Waals surface area contributed by atoms with Crippen LogP contribution >= 0.6 is 11.8 Å². The van der Waals surface area contributed by atoms with Gasteiger partial charge in [-0.05, 0) is 36.2 Å². The number of hydrogen-bond acceptors (Lipinski definition) is 9. The summed E-state index contributed by atoms with van der Waals surface area (Å²) in [6, 6.07) is 16.1. The van der Waals surface area contributed by atoms with E-state index in [0.717, 1.165) is 16.7 Å². The molecule has 1 aromatic heterocycles. The monoisotopic (exact) mass is 552 g/mol. The van der Waals surface area contributed by atoms with Gasteiger partial charge in [0.2, 0.25) is 0 Å². The number of benzene rings is 2. The lowest BCUT2D eigenvalue weighted by Crippen LogP contribution is -2.38. The summed E-state index contributed by atoms with van der Waals surface area (Å²) < 4.78 is 17.7. The quantitative estimate of drug-likeness (QED) is 0.192. The largest absolute Gasteiger partial charge is 0.465 e. The van der Waals surface area contributed by atoms with Crippen molar-refractivity contribution in [2.45, 2.75) is 44.1 Å². The number of thioether (sulfide) groups is 1. The van der Waals surface area contributed by atoms with Crippen LogP contribution in [-0.2, 0) is 25.6 Å². The summed E-state index contributed by atoms with van der Waals surface area (Å²) in [6.07, 6.45) is 2.25. The summed E-state index contributed by atoms with van der Waals surface area (Å²) in [4.78, 5) is 32.4. The molecule has 39 heavy (non-hydrogen) atoms. The Hall–Kier alpha value is -3.51. The molecule has 1 aliphatic rings. The first kappa shape index (κ1) is 28.5. The number of esters is 1. The second-order valence-corrected chi connectivity index (χ2v) is 9.89. The Morgan fingerprint density at radius 2 is 1.82 bits per heavy atom. The number of aromatic nitrogens is 2. The summed E-state index contributed by atoms with van der Waals surface area (Å²) in [5.74, 6) is 0.111. The van der Waals surface area contributed by atoms with E-state index in [1.54, 1.807) is 43.6 Å². The van der Waals surface area contributed by atoms with Crippen LogP contribution in [0.4, 0.5) is 10.5 Å². The van der Waals surface area contributed by atoms with Crippen molar-refractivity contribution < 1.29 is 28.9 Å². The molecule has 0 saturated carbocycles. The van der Waals surface area contributed by atoms with Crippen molar-refractivity contribution >= 4 is 29.4 Å². The third-order valence-corrected chi connectivity index (χ3v) is 7.12. The Balaban J connectivity index is 1.51. The van der Waals surface area contributed by atoms with E-state index in [4.69, 9.17) is 14.2 Å². The maximum atomic E-state index is 12.3. The fourth-order valence-corrected chi connectivity index (χ4v) is 5.10. The molecule has 0 unspecified atom stereocenters. The molecule has 10 nitrogen and oxygen atoms in total. The van der Waals surface area contributed by atoms with Gasteiger partial charge in [0.05, 0.1) is 25.4 Å². The minimum Gasteiger partial charge on any atom is -0.465 e. The standard InChI is InChI=1S/C28H32N4O6S/c1-3-36-24(34)15-31-27(35)32-22-7-4-6-21(14-22)26-37-23(17-39-28-29-12-5-13-30-28)18(2)25(38-26)20-10-8-19(16-33)9-11-20/h4-14,18,23,25-26,33H,3,15-17H2,1-2H3,(H2,31,32,35)/t18-,23+,25+,26+/m0/s1. The first-order valence-corrected chi connectivity index (χ1v) is 13.7. The molecule has 2 amide bonds. The number of ether oxygens (including phenoxy) is 3. The predicted octanol–water partition coefficient (Wildman–Crippen LogP) is 4.24. The van der Waals surface area contributed by atoms with Gasteiger partial charge in [0.1, 0.15) is 6.54 Å². The molecular formula is C28H32N4O6S. The number of anilines is 1. The van der Waals surface area contributed by atoms with E-state index < -0.39 is 18.3 Å². The van der Waals surface area contributed by atoms with Gasteiger partial charge in [-0.3, -0.25) is 4.79 Å². The average Bonchev–Trinajstić information content (AvgIpc) is 2.96. The predicted molar refractivity (Wildman–Crippen MR) is 146 cm³/mol. The van der Waals surface area contributed by atoms with Gasteiger partial charge < -0.3 is 30.0 Å². The van der Waals surface area contributed by atoms with Crippen LogP contribution in [0.15, 0.2) is 72.1 Å². The lowest BCUT2D eigenvalue weighted by Gasteiger charge is -2.41. The summed E-state index contributed by atoms with van der Waals surface area (Å²) in [5, 5.41) is 15.3. The molecular weight excluding hydrogens is 520 g/mol. The normalized spacial score (nSPS) is 20.7. The minimum atomic E-state index is -0.699. The molecule has 206 valence electrons. The van der Waals surface area contributed by atoms with Crippen molar-refractivity contribution in [3.8, 4) is 0 Å². The Morgan fingerprint density at radius 1 is 1.05 bits per heavy atom. The minimum absolute atomic E-state index is 0.00685. The zero-order chi connectivity index (χ0) is 27.6. The number of rotatable bonds is 10. The third-order valence-electron chi connectivity index (χ3n) is 6.16. The highest BCUT2D eigenvalue weighted by molar-refractivity contribution is 7.99. The molecule has 1 fully saturated rings. The fourth-order valence-electron chi connectivity index (χ4n) is 4.13. The van der Waals surface area contributed by atoms with Gasteiger partial charge in [-0.25, -0.2) is 14.8 Å². The highest BCUT2D eigenvalue weighted by Gasteiger charge is 2.38. The lowest BCUT2D eigenvalue weighted by molar-refractivity contribution is -0.268. The van der Waals surface area contributed by atoms with Crippen LogP contribution < -0.4 is 10.6 Å². The van der Waals surface area contributed by atoms with E-state index in [0.29, 0.717) is 16.6 Å². The van der Waals surface area contributed by atoms with Gasteiger partial charge in [-0.2, -0.15) is 0 Å². The molecule has 4 rings (SSSR count). The molecule has 2 heterocycles. The smallest absolute Gasteiger partial charge is 0.325 e. The molecule has 2 aromatic carbocycles. The number of nitrogens with one attached hydrogen (secondary N) is 2. The zero-order valence-corrected chi connectivity index (χ0v) is 22.6. The molecule has 0 spiro atoms. The highest BCUT2D eigenvalue weighted by atomic mass is 32.2. The first-order chi connectivity index (χ1) is 19.0. The van der Waals surface area contributed by atoms with Crippen LogP contribution in [0.25, 0.3) is 0 Å². The van der Waals surface area contributed by atoms with Crippen molar-refractivity contribution in [1.29, 1.82) is 0 Å².